The number of hydrogen-bond acceptors (Lipinski definition) is 1. The van der Waals surface area contributed by atoms with E-state index < -0.39 is 7.82 Å². The van der Waals surface area contributed by atoms with Gasteiger partial charge in [-0.3, -0.25) is 0 Å². The molecule has 0 amide bonds. The van der Waals surface area contributed by atoms with Crippen molar-refractivity contribution in [1.82, 2.24) is 0 Å². The van der Waals surface area contributed by atoms with E-state index in [1.54, 1.807) is 0 Å². The molecule has 8 heavy (non-hydrogen) atoms. The predicted molar refractivity (Wildman–Crippen MR) is 28.9 cm³/mol. The van der Waals surface area contributed by atoms with Gasteiger partial charge in [-0.1, -0.05) is 0 Å². The Kier molecular flexibility index (Phi) is 23.4. The summed E-state index contributed by atoms with van der Waals surface area (Å²) in [6, 6.07) is 0. The van der Waals surface area contributed by atoms with Crippen LogP contribution in [0.15, 0.2) is 0 Å². The molecule has 0 aromatic heterocycles. The van der Waals surface area contributed by atoms with E-state index in [9.17, 15) is 0 Å². The average Bonchev–Trinajstić information content (AvgIpc) is 0.722. The quantitative estimate of drug-likeness (QED) is 0.238. The van der Waals surface area contributed by atoms with Crippen LogP contribution in [0.3, 0.4) is 0 Å². The van der Waals surface area contributed by atoms with Crippen molar-refractivity contribution in [1.29, 1.82) is 0 Å². The molecule has 0 rings (SSSR count). The second-order valence-electron chi connectivity index (χ2n) is 0.513. The van der Waals surface area contributed by atoms with Crippen molar-refractivity contribution >= 4 is 25.2 Å². The van der Waals surface area contributed by atoms with Gasteiger partial charge in [-0.25, -0.2) is 4.57 Å². The van der Waals surface area contributed by atoms with Crippen molar-refractivity contribution in [2.75, 3.05) is 0 Å². The van der Waals surface area contributed by atoms with Crippen molar-refractivity contribution in [3.8, 4) is 0 Å². The molecule has 0 atom stereocenters. The van der Waals surface area contributed by atoms with E-state index in [-0.39, 0.29) is 43.1 Å². The molecule has 0 unspecified atom stereocenters. The van der Waals surface area contributed by atoms with Crippen LogP contribution >= 0.6 is 7.82 Å². The first-order valence-electron chi connectivity index (χ1n) is 0.783. The van der Waals surface area contributed by atoms with Gasteiger partial charge in [0.25, 0.3) is 0 Å². The van der Waals surface area contributed by atoms with E-state index in [0.717, 1.165) is 0 Å². The molecular weight excluding hydrogens is 145 g/mol. The Labute approximate surface area is 70.4 Å². The van der Waals surface area contributed by atoms with Crippen LogP contribution in [-0.4, -0.2) is 37.5 Å². The van der Waals surface area contributed by atoms with Crippen molar-refractivity contribution in [3.05, 3.63) is 0 Å². The maximum atomic E-state index is 8.88. The Morgan fingerprint density at radius 1 is 1.25 bits per heavy atom. The minimum atomic E-state index is -4.64. The van der Waals surface area contributed by atoms with E-state index in [4.69, 9.17) is 19.2 Å². The molecule has 0 aliphatic heterocycles. The van der Waals surface area contributed by atoms with Crippen molar-refractivity contribution in [3.63, 3.8) is 0 Å². The van der Waals surface area contributed by atoms with Gasteiger partial charge in [0.2, 0.25) is 0 Å². The zero-order valence-corrected chi connectivity index (χ0v) is 4.59. The summed E-state index contributed by atoms with van der Waals surface area (Å²) in [4.78, 5) is 21.6. The Morgan fingerprint density at radius 3 is 1.25 bits per heavy atom. The Bertz CT molecular complexity index is 63.1. The summed E-state index contributed by atoms with van der Waals surface area (Å²) >= 11 is 0. The van der Waals surface area contributed by atoms with E-state index >= 15 is 0 Å². The molecule has 5 N–H and O–H groups in total. The number of hydrogen-bond donors (Lipinski definition) is 3. The normalized spacial score (nSPS) is 7.38. The summed E-state index contributed by atoms with van der Waals surface area (Å²) in [7, 11) is -4.64. The summed E-state index contributed by atoms with van der Waals surface area (Å²) in [5.41, 5.74) is 0. The summed E-state index contributed by atoms with van der Waals surface area (Å²) in [6.45, 7) is 0. The fourth-order valence-electron chi connectivity index (χ4n) is 0. The van der Waals surface area contributed by atoms with Gasteiger partial charge < -0.3 is 21.6 Å². The molecule has 8 heteroatoms. The third kappa shape index (κ3) is 192. The Hall–Kier alpha value is 1.20. The van der Waals surface area contributed by atoms with Crippen LogP contribution < -0.4 is 18.9 Å². The van der Waals surface area contributed by atoms with Gasteiger partial charge in [-0.05, 0) is 0 Å². The van der Waals surface area contributed by atoms with Crippen LogP contribution in [0.5, 0.6) is 0 Å². The zero-order chi connectivity index (χ0) is 4.50. The zero-order valence-electron chi connectivity index (χ0n) is 4.70. The molecule has 0 spiro atoms. The van der Waals surface area contributed by atoms with E-state index in [2.05, 4.69) is 0 Å². The Balaban J connectivity index is -0.0000000133. The molecule has 0 bridgehead atoms. The van der Waals surface area contributed by atoms with Crippen LogP contribution in [0.2, 0.25) is 0 Å². The van der Waals surface area contributed by atoms with Gasteiger partial charge >= 0.3 is 26.7 Å². The number of rotatable bonds is 0. The van der Waals surface area contributed by atoms with Crippen LogP contribution in [0, 0.1) is 0 Å². The van der Waals surface area contributed by atoms with Gasteiger partial charge in [-0.15, -0.1) is 0 Å². The maximum absolute atomic E-state index is 8.88. The third-order valence-electron chi connectivity index (χ3n) is 0. The smallest absolute Gasteiger partial charge is 1.00 e. The predicted octanol–water partition coefficient (Wildman–Crippen LogP) is -5.82. The summed E-state index contributed by atoms with van der Waals surface area (Å²) < 4.78 is 8.88. The molecule has 0 aromatic rings. The maximum Gasteiger partial charge on any atom is 1.00 e. The Morgan fingerprint density at radius 2 is 1.25 bits per heavy atom. The van der Waals surface area contributed by atoms with Gasteiger partial charge in [0, 0.05) is 0 Å². The van der Waals surface area contributed by atoms with Crippen LogP contribution in [0.25, 0.3) is 0 Å². The fraction of sp³-hybridized carbons (Fsp3) is 0. The second kappa shape index (κ2) is 8.20. The van der Waals surface area contributed by atoms with E-state index in [0.29, 0.717) is 0 Å². The van der Waals surface area contributed by atoms with Crippen molar-refractivity contribution < 1.29 is 45.0 Å². The van der Waals surface area contributed by atoms with Gasteiger partial charge in [0.05, 0.1) is 0 Å². The molecule has 5 nitrogen and oxygen atoms in total. The van der Waals surface area contributed by atoms with Gasteiger partial charge in [0.15, 0.2) is 17.4 Å². The molecule has 0 aromatic carbocycles. The minimum Gasteiger partial charge on any atom is -1.00 e. The monoisotopic (exact) mass is 154 g/mol. The minimum absolute atomic E-state index is 0. The molecule has 0 saturated heterocycles. The van der Waals surface area contributed by atoms with Crippen LogP contribution in [-0.2, 0) is 4.57 Å². The standard InChI is InChI=1S/Al.Li.H3O4P.H2O.4H/c;;1-5(2,3)4;;;;;/h;;(H3,1,2,3,4);1H2;;;;/q;+1;;;;;;-1. The van der Waals surface area contributed by atoms with Crippen molar-refractivity contribution in [2.24, 2.45) is 0 Å². The van der Waals surface area contributed by atoms with Gasteiger partial charge in [0.1, 0.15) is 0 Å². The first-order valence-corrected chi connectivity index (χ1v) is 2.35. The molecule has 48 valence electrons. The summed E-state index contributed by atoms with van der Waals surface area (Å²) in [5.74, 6) is 0. The third-order valence-corrected chi connectivity index (χ3v) is 0. The first kappa shape index (κ1) is 22.9. The van der Waals surface area contributed by atoms with E-state index in [1.807, 2.05) is 0 Å². The molecule has 0 radical (unpaired) electrons. The van der Waals surface area contributed by atoms with E-state index in [1.165, 1.54) is 0 Å². The average molecular weight is 154 g/mol. The largest absolute Gasteiger partial charge is 1.00 e. The topological polar surface area (TPSA) is 109 Å². The molecule has 0 aliphatic carbocycles. The first-order chi connectivity index (χ1) is 2.00. The summed E-state index contributed by atoms with van der Waals surface area (Å²) in [5, 5.41) is 0. The number of phosphoric acid groups is 1. The molecule has 0 fully saturated rings. The van der Waals surface area contributed by atoms with Gasteiger partial charge in [-0.2, -0.15) is 0 Å². The molecule has 0 aliphatic rings. The molecular formula is H9AlLiO5P. The molecule has 0 saturated carbocycles. The van der Waals surface area contributed by atoms with Crippen LogP contribution in [0.4, 0.5) is 0 Å². The second-order valence-corrected chi connectivity index (χ2v) is 1.54. The molecule has 0 heterocycles. The SMILES string of the molecule is O.O=P(O)(O)O.[AlH3].[H-].[Li+]. The van der Waals surface area contributed by atoms with Crippen LogP contribution in [0.1, 0.15) is 1.43 Å². The van der Waals surface area contributed by atoms with Crippen molar-refractivity contribution in [2.45, 2.75) is 0 Å². The summed E-state index contributed by atoms with van der Waals surface area (Å²) in [6.07, 6.45) is 0. The fourth-order valence-corrected chi connectivity index (χ4v) is 0.